The first kappa shape index (κ1) is 15.1. The van der Waals surface area contributed by atoms with Crippen molar-refractivity contribution in [1.29, 1.82) is 5.41 Å². The van der Waals surface area contributed by atoms with Crippen molar-refractivity contribution in [2.24, 2.45) is 5.73 Å². The van der Waals surface area contributed by atoms with Gasteiger partial charge < -0.3 is 5.73 Å². The molecule has 1 atom stereocenters. The van der Waals surface area contributed by atoms with Crippen molar-refractivity contribution >= 4 is 17.6 Å². The van der Waals surface area contributed by atoms with Gasteiger partial charge in [-0.3, -0.25) is 5.41 Å². The SMILES string of the molecule is CCC(CC(=N)N)Sc1ccc(C(C)(C)C)cc1. The second kappa shape index (κ2) is 6.28. The summed E-state index contributed by atoms with van der Waals surface area (Å²) in [5.74, 6) is 0.278. The van der Waals surface area contributed by atoms with Crippen LogP contribution in [0.5, 0.6) is 0 Å². The number of hydrogen-bond acceptors (Lipinski definition) is 2. The Morgan fingerprint density at radius 2 is 1.83 bits per heavy atom. The Morgan fingerprint density at radius 1 is 1.28 bits per heavy atom. The first-order valence-corrected chi connectivity index (χ1v) is 7.31. The van der Waals surface area contributed by atoms with Crippen LogP contribution in [0.15, 0.2) is 29.2 Å². The molecule has 3 N–H and O–H groups in total. The molecule has 0 saturated carbocycles. The van der Waals surface area contributed by atoms with Gasteiger partial charge >= 0.3 is 0 Å². The van der Waals surface area contributed by atoms with Crippen LogP contribution in [-0.4, -0.2) is 11.1 Å². The third-order valence-corrected chi connectivity index (χ3v) is 4.30. The molecule has 0 radical (unpaired) electrons. The zero-order valence-electron chi connectivity index (χ0n) is 11.8. The number of amidine groups is 1. The van der Waals surface area contributed by atoms with E-state index in [2.05, 4.69) is 52.0 Å². The van der Waals surface area contributed by atoms with Crippen LogP contribution in [0.4, 0.5) is 0 Å². The number of benzene rings is 1. The second-order valence-electron chi connectivity index (χ2n) is 5.65. The molecule has 1 aromatic carbocycles. The predicted octanol–water partition coefficient (Wildman–Crippen LogP) is 4.18. The molecule has 0 aliphatic heterocycles. The Bertz CT molecular complexity index is 390. The van der Waals surface area contributed by atoms with Crippen LogP contribution in [0.25, 0.3) is 0 Å². The molecular weight excluding hydrogens is 240 g/mol. The zero-order valence-corrected chi connectivity index (χ0v) is 12.6. The van der Waals surface area contributed by atoms with Crippen molar-refractivity contribution in [1.82, 2.24) is 0 Å². The monoisotopic (exact) mass is 264 g/mol. The molecule has 3 heteroatoms. The Labute approximate surface area is 115 Å². The fourth-order valence-electron chi connectivity index (χ4n) is 1.74. The maximum absolute atomic E-state index is 7.37. The highest BCUT2D eigenvalue weighted by Crippen LogP contribution is 2.30. The lowest BCUT2D eigenvalue weighted by Gasteiger charge is -2.20. The van der Waals surface area contributed by atoms with Crippen LogP contribution < -0.4 is 5.73 Å². The van der Waals surface area contributed by atoms with Crippen LogP contribution in [0.2, 0.25) is 0 Å². The number of hydrogen-bond donors (Lipinski definition) is 2. The van der Waals surface area contributed by atoms with Crippen LogP contribution >= 0.6 is 11.8 Å². The Kier molecular flexibility index (Phi) is 5.27. The third kappa shape index (κ3) is 4.73. The maximum Gasteiger partial charge on any atom is 0.0916 e. The summed E-state index contributed by atoms with van der Waals surface area (Å²) >= 11 is 1.82. The van der Waals surface area contributed by atoms with Crippen molar-refractivity contribution < 1.29 is 0 Å². The molecule has 0 bridgehead atoms. The van der Waals surface area contributed by atoms with Crippen molar-refractivity contribution in [3.63, 3.8) is 0 Å². The van der Waals surface area contributed by atoms with Gasteiger partial charge in [0.1, 0.15) is 0 Å². The number of thioether (sulfide) groups is 1. The molecule has 0 amide bonds. The highest BCUT2D eigenvalue weighted by molar-refractivity contribution is 8.00. The van der Waals surface area contributed by atoms with Crippen molar-refractivity contribution in [2.45, 2.75) is 56.1 Å². The summed E-state index contributed by atoms with van der Waals surface area (Å²) < 4.78 is 0. The number of nitrogens with two attached hydrogens (primary N) is 1. The van der Waals surface area contributed by atoms with Crippen LogP contribution in [0, 0.1) is 5.41 Å². The number of nitrogens with one attached hydrogen (secondary N) is 1. The fourth-order valence-corrected chi connectivity index (χ4v) is 2.85. The van der Waals surface area contributed by atoms with Gasteiger partial charge in [0.05, 0.1) is 5.84 Å². The molecule has 100 valence electrons. The van der Waals surface area contributed by atoms with Crippen LogP contribution in [0.1, 0.15) is 46.1 Å². The summed E-state index contributed by atoms with van der Waals surface area (Å²) in [5.41, 5.74) is 7.03. The Morgan fingerprint density at radius 3 is 2.22 bits per heavy atom. The maximum atomic E-state index is 7.37. The normalized spacial score (nSPS) is 13.3. The first-order valence-electron chi connectivity index (χ1n) is 6.43. The van der Waals surface area contributed by atoms with Gasteiger partial charge in [0.2, 0.25) is 0 Å². The fraction of sp³-hybridized carbons (Fsp3) is 0.533. The van der Waals surface area contributed by atoms with Crippen LogP contribution in [0.3, 0.4) is 0 Å². The molecule has 0 spiro atoms. The van der Waals surface area contributed by atoms with Gasteiger partial charge in [0.15, 0.2) is 0 Å². The van der Waals surface area contributed by atoms with E-state index < -0.39 is 0 Å². The van der Waals surface area contributed by atoms with E-state index in [9.17, 15) is 0 Å². The van der Waals surface area contributed by atoms with Crippen LogP contribution in [-0.2, 0) is 5.41 Å². The van der Waals surface area contributed by atoms with Gasteiger partial charge in [-0.25, -0.2) is 0 Å². The highest BCUT2D eigenvalue weighted by Gasteiger charge is 2.14. The molecule has 2 nitrogen and oxygen atoms in total. The van der Waals surface area contributed by atoms with E-state index in [0.717, 1.165) is 6.42 Å². The minimum atomic E-state index is 0.201. The lowest BCUT2D eigenvalue weighted by atomic mass is 9.87. The van der Waals surface area contributed by atoms with Gasteiger partial charge in [-0.1, -0.05) is 39.8 Å². The lowest BCUT2D eigenvalue weighted by Crippen LogP contribution is -2.16. The lowest BCUT2D eigenvalue weighted by molar-refractivity contribution is 0.590. The first-order chi connectivity index (χ1) is 8.32. The molecule has 0 aliphatic rings. The highest BCUT2D eigenvalue weighted by atomic mass is 32.2. The van der Waals surface area contributed by atoms with Crippen molar-refractivity contribution in [2.75, 3.05) is 0 Å². The van der Waals surface area contributed by atoms with Gasteiger partial charge in [-0.05, 0) is 29.5 Å². The topological polar surface area (TPSA) is 49.9 Å². The van der Waals surface area contributed by atoms with Gasteiger partial charge in [0.25, 0.3) is 0 Å². The zero-order chi connectivity index (χ0) is 13.8. The summed E-state index contributed by atoms with van der Waals surface area (Å²) in [6.07, 6.45) is 1.70. The molecule has 0 heterocycles. The minimum absolute atomic E-state index is 0.201. The largest absolute Gasteiger partial charge is 0.388 e. The molecule has 0 aromatic heterocycles. The predicted molar refractivity (Wildman–Crippen MR) is 81.6 cm³/mol. The third-order valence-electron chi connectivity index (χ3n) is 2.93. The molecule has 0 aliphatic carbocycles. The van der Waals surface area contributed by atoms with Gasteiger partial charge in [-0.2, -0.15) is 0 Å². The summed E-state index contributed by atoms with van der Waals surface area (Å²) in [5, 5.41) is 7.78. The Hall–Kier alpha value is -0.960. The van der Waals surface area contributed by atoms with E-state index in [-0.39, 0.29) is 11.3 Å². The summed E-state index contributed by atoms with van der Waals surface area (Å²) in [6, 6.07) is 8.74. The average Bonchev–Trinajstić information content (AvgIpc) is 2.27. The summed E-state index contributed by atoms with van der Waals surface area (Å²) in [7, 11) is 0. The molecular formula is C15H24N2S. The molecule has 1 rings (SSSR count). The minimum Gasteiger partial charge on any atom is -0.388 e. The molecule has 1 aromatic rings. The van der Waals surface area contributed by atoms with E-state index >= 15 is 0 Å². The van der Waals surface area contributed by atoms with E-state index in [1.54, 1.807) is 0 Å². The van der Waals surface area contributed by atoms with Gasteiger partial charge in [0, 0.05) is 16.6 Å². The van der Waals surface area contributed by atoms with E-state index in [4.69, 9.17) is 11.1 Å². The average molecular weight is 264 g/mol. The van der Waals surface area contributed by atoms with Crippen molar-refractivity contribution in [3.8, 4) is 0 Å². The van der Waals surface area contributed by atoms with Crippen molar-refractivity contribution in [3.05, 3.63) is 29.8 Å². The molecule has 18 heavy (non-hydrogen) atoms. The van der Waals surface area contributed by atoms with E-state index in [1.165, 1.54) is 10.5 Å². The summed E-state index contributed by atoms with van der Waals surface area (Å²) in [6.45, 7) is 8.81. The molecule has 1 unspecified atom stereocenters. The quantitative estimate of drug-likeness (QED) is 0.476. The molecule has 0 fully saturated rings. The van der Waals surface area contributed by atoms with Gasteiger partial charge in [-0.15, -0.1) is 11.8 Å². The van der Waals surface area contributed by atoms with E-state index in [0.29, 0.717) is 11.7 Å². The smallest absolute Gasteiger partial charge is 0.0916 e. The molecule has 0 saturated heterocycles. The number of rotatable bonds is 5. The Balaban J connectivity index is 2.71. The standard InChI is InChI=1S/C15H24N2S/c1-5-12(10-14(16)17)18-13-8-6-11(7-9-13)15(2,3)4/h6-9,12H,5,10H2,1-4H3,(H3,16,17). The summed E-state index contributed by atoms with van der Waals surface area (Å²) in [4.78, 5) is 1.26. The van der Waals surface area contributed by atoms with E-state index in [1.807, 2.05) is 11.8 Å². The second-order valence-corrected chi connectivity index (χ2v) is 7.03.